The van der Waals surface area contributed by atoms with E-state index in [1.165, 1.54) is 11.1 Å². The number of rotatable bonds is 4. The molecule has 3 nitrogen and oxygen atoms in total. The minimum atomic E-state index is -0.201. The fraction of sp³-hybridized carbons (Fsp3) is 0.409. The molecule has 2 heterocycles. The summed E-state index contributed by atoms with van der Waals surface area (Å²) in [7, 11) is 0. The molecule has 4 rings (SSSR count). The Labute approximate surface area is 150 Å². The van der Waals surface area contributed by atoms with E-state index in [4.69, 9.17) is 0 Å². The number of carbonyl (C=O) groups is 1. The molecule has 2 fully saturated rings. The molecular weight excluding hydrogens is 308 g/mol. The Morgan fingerprint density at radius 3 is 2.48 bits per heavy atom. The van der Waals surface area contributed by atoms with Gasteiger partial charge in [0, 0.05) is 37.0 Å². The van der Waals surface area contributed by atoms with Crippen molar-refractivity contribution in [1.29, 1.82) is 0 Å². The predicted octanol–water partition coefficient (Wildman–Crippen LogP) is 3.43. The average Bonchev–Trinajstić information content (AvgIpc) is 3.04. The first-order valence-electron chi connectivity index (χ1n) is 9.25. The molecule has 130 valence electrons. The smallest absolute Gasteiger partial charge is 0.137 e. The number of hydrogen-bond donors (Lipinski definition) is 1. The third kappa shape index (κ3) is 3.03. The molecule has 0 amide bonds. The monoisotopic (exact) mass is 334 g/mol. The largest absolute Gasteiger partial charge is 0.309 e. The first-order chi connectivity index (χ1) is 12.2. The molecule has 1 N–H and O–H groups in total. The number of ketones is 1. The van der Waals surface area contributed by atoms with Gasteiger partial charge in [0.15, 0.2) is 0 Å². The maximum Gasteiger partial charge on any atom is 0.137 e. The Kier molecular flexibility index (Phi) is 4.45. The summed E-state index contributed by atoms with van der Waals surface area (Å²) in [6.07, 6.45) is 0.955. The number of fused-ring (bicyclic) bond motifs is 1. The molecule has 2 aromatic carbocycles. The molecule has 3 atom stereocenters. The van der Waals surface area contributed by atoms with E-state index in [0.29, 0.717) is 11.7 Å². The summed E-state index contributed by atoms with van der Waals surface area (Å²) < 4.78 is 0. The Morgan fingerprint density at radius 1 is 1.12 bits per heavy atom. The highest BCUT2D eigenvalue weighted by Gasteiger charge is 2.54. The minimum Gasteiger partial charge on any atom is -0.309 e. The molecule has 0 aliphatic carbocycles. The lowest BCUT2D eigenvalue weighted by molar-refractivity contribution is -0.131. The number of Topliss-reactive ketones (excluding diaryl/α,β-unsaturated/α-hetero) is 1. The van der Waals surface area contributed by atoms with Gasteiger partial charge >= 0.3 is 0 Å². The van der Waals surface area contributed by atoms with Crippen molar-refractivity contribution in [2.24, 2.45) is 11.3 Å². The average molecular weight is 334 g/mol. The van der Waals surface area contributed by atoms with Gasteiger partial charge in [0.1, 0.15) is 5.78 Å². The molecule has 2 aromatic rings. The van der Waals surface area contributed by atoms with Gasteiger partial charge in [-0.1, -0.05) is 60.7 Å². The molecule has 0 radical (unpaired) electrons. The Bertz CT molecular complexity index is 730. The van der Waals surface area contributed by atoms with Crippen molar-refractivity contribution >= 4 is 5.78 Å². The summed E-state index contributed by atoms with van der Waals surface area (Å²) in [6, 6.07) is 21.5. The molecular formula is C22H26N2O. The summed E-state index contributed by atoms with van der Waals surface area (Å²) in [5.74, 6) is 0.688. The lowest BCUT2D eigenvalue weighted by atomic mass is 9.67. The number of piperidine rings is 1. The number of carbonyl (C=O) groups excluding carboxylic acids is 1. The highest BCUT2D eigenvalue weighted by atomic mass is 16.1. The van der Waals surface area contributed by atoms with E-state index in [9.17, 15) is 4.79 Å². The number of hydrogen-bond acceptors (Lipinski definition) is 3. The van der Waals surface area contributed by atoms with Gasteiger partial charge in [-0.3, -0.25) is 9.69 Å². The number of benzene rings is 2. The third-order valence-electron chi connectivity index (χ3n) is 6.19. The summed E-state index contributed by atoms with van der Waals surface area (Å²) in [4.78, 5) is 15.1. The first kappa shape index (κ1) is 16.5. The number of nitrogens with one attached hydrogen (secondary N) is 1. The van der Waals surface area contributed by atoms with Crippen molar-refractivity contribution in [3.63, 3.8) is 0 Å². The normalized spacial score (nSPS) is 29.3. The lowest BCUT2D eigenvalue weighted by Gasteiger charge is -2.43. The maximum absolute atomic E-state index is 12.6. The zero-order valence-corrected chi connectivity index (χ0v) is 14.8. The molecule has 25 heavy (non-hydrogen) atoms. The highest BCUT2D eigenvalue weighted by Crippen LogP contribution is 2.48. The molecule has 0 unspecified atom stereocenters. The van der Waals surface area contributed by atoms with Crippen molar-refractivity contribution in [2.45, 2.75) is 25.9 Å². The van der Waals surface area contributed by atoms with Crippen LogP contribution in [0.3, 0.4) is 0 Å². The molecule has 2 saturated heterocycles. The van der Waals surface area contributed by atoms with E-state index in [-0.39, 0.29) is 11.5 Å². The van der Waals surface area contributed by atoms with Crippen LogP contribution < -0.4 is 5.32 Å². The molecule has 0 saturated carbocycles. The summed E-state index contributed by atoms with van der Waals surface area (Å²) in [6.45, 7) is 5.53. The van der Waals surface area contributed by atoms with Crippen LogP contribution in [0.1, 0.15) is 30.5 Å². The molecule has 0 bridgehead atoms. The molecule has 2 aliphatic heterocycles. The Morgan fingerprint density at radius 2 is 1.80 bits per heavy atom. The quantitative estimate of drug-likeness (QED) is 0.930. The van der Waals surface area contributed by atoms with E-state index >= 15 is 0 Å². The molecule has 0 aromatic heterocycles. The van der Waals surface area contributed by atoms with Crippen molar-refractivity contribution in [2.75, 3.05) is 19.6 Å². The number of likely N-dealkylation sites (tertiary alicyclic amines) is 1. The topological polar surface area (TPSA) is 32.3 Å². The second-order valence-corrected chi connectivity index (χ2v) is 7.56. The van der Waals surface area contributed by atoms with E-state index in [0.717, 1.165) is 32.6 Å². The van der Waals surface area contributed by atoms with Crippen LogP contribution in [0.5, 0.6) is 0 Å². The van der Waals surface area contributed by atoms with Crippen molar-refractivity contribution in [3.05, 3.63) is 71.8 Å². The van der Waals surface area contributed by atoms with Crippen LogP contribution in [-0.2, 0) is 11.3 Å². The zero-order chi connectivity index (χ0) is 17.3. The van der Waals surface area contributed by atoms with Crippen LogP contribution in [0.4, 0.5) is 0 Å². The van der Waals surface area contributed by atoms with Crippen LogP contribution in [0.2, 0.25) is 0 Å². The van der Waals surface area contributed by atoms with Gasteiger partial charge in [-0.05, 0) is 31.0 Å². The van der Waals surface area contributed by atoms with E-state index in [2.05, 4.69) is 70.9 Å². The van der Waals surface area contributed by atoms with E-state index in [1.54, 1.807) is 6.92 Å². The van der Waals surface area contributed by atoms with Crippen LogP contribution in [-0.4, -0.2) is 30.3 Å². The molecule has 2 aliphatic rings. The minimum absolute atomic E-state index is 0.201. The summed E-state index contributed by atoms with van der Waals surface area (Å²) in [5.41, 5.74) is 2.45. The van der Waals surface area contributed by atoms with Crippen molar-refractivity contribution in [1.82, 2.24) is 10.2 Å². The molecule has 3 heteroatoms. The Hall–Kier alpha value is -1.97. The van der Waals surface area contributed by atoms with E-state index < -0.39 is 0 Å². The van der Waals surface area contributed by atoms with Gasteiger partial charge in [0.25, 0.3) is 0 Å². The summed E-state index contributed by atoms with van der Waals surface area (Å²) in [5, 5.41) is 3.67. The van der Waals surface area contributed by atoms with Gasteiger partial charge in [0.05, 0.1) is 0 Å². The van der Waals surface area contributed by atoms with E-state index in [1.807, 2.05) is 0 Å². The van der Waals surface area contributed by atoms with Crippen molar-refractivity contribution in [3.8, 4) is 0 Å². The van der Waals surface area contributed by atoms with Gasteiger partial charge in [-0.15, -0.1) is 0 Å². The van der Waals surface area contributed by atoms with Gasteiger partial charge in [0.2, 0.25) is 0 Å². The summed E-state index contributed by atoms with van der Waals surface area (Å²) >= 11 is 0. The first-order valence-corrected chi connectivity index (χ1v) is 9.25. The lowest BCUT2D eigenvalue weighted by Crippen LogP contribution is -2.50. The second kappa shape index (κ2) is 6.74. The van der Waals surface area contributed by atoms with Crippen LogP contribution in [0.25, 0.3) is 0 Å². The van der Waals surface area contributed by atoms with Gasteiger partial charge in [-0.2, -0.15) is 0 Å². The Balaban J connectivity index is 1.59. The predicted molar refractivity (Wildman–Crippen MR) is 100 cm³/mol. The van der Waals surface area contributed by atoms with Crippen molar-refractivity contribution < 1.29 is 4.79 Å². The third-order valence-corrected chi connectivity index (χ3v) is 6.19. The fourth-order valence-electron chi connectivity index (χ4n) is 4.72. The fourth-order valence-corrected chi connectivity index (χ4v) is 4.72. The SMILES string of the molecule is CC(=O)[C@@]12CCN(Cc3ccccc3)C[C@@H]1[C@@H](c1ccccc1)NC2. The number of nitrogens with zero attached hydrogens (tertiary/aromatic N) is 1. The highest BCUT2D eigenvalue weighted by molar-refractivity contribution is 5.84. The van der Waals surface area contributed by atoms with Crippen LogP contribution >= 0.6 is 0 Å². The maximum atomic E-state index is 12.6. The standard InChI is InChI=1S/C22H26N2O/c1-17(25)22-12-13-24(14-18-8-4-2-5-9-18)15-20(22)21(23-16-22)19-10-6-3-7-11-19/h2-11,20-21,23H,12-16H2,1H3/t20-,21-,22+/m1/s1. The van der Waals surface area contributed by atoms with Gasteiger partial charge in [-0.25, -0.2) is 0 Å². The van der Waals surface area contributed by atoms with Crippen LogP contribution in [0, 0.1) is 11.3 Å². The zero-order valence-electron chi connectivity index (χ0n) is 14.8. The van der Waals surface area contributed by atoms with Gasteiger partial charge < -0.3 is 5.32 Å². The second-order valence-electron chi connectivity index (χ2n) is 7.56. The molecule has 0 spiro atoms. The van der Waals surface area contributed by atoms with Crippen LogP contribution in [0.15, 0.2) is 60.7 Å².